The number of ether oxygens (including phenoxy) is 1. The number of nitrogens with zero attached hydrogens (tertiary/aromatic N) is 3. The van der Waals surface area contributed by atoms with Crippen LogP contribution in [-0.4, -0.2) is 37.2 Å². The summed E-state index contributed by atoms with van der Waals surface area (Å²) in [5.74, 6) is -0.156. The molecule has 0 saturated carbocycles. The van der Waals surface area contributed by atoms with Crippen molar-refractivity contribution in [3.63, 3.8) is 0 Å². The molecule has 0 aliphatic carbocycles. The summed E-state index contributed by atoms with van der Waals surface area (Å²) in [6, 6.07) is 16.2. The van der Waals surface area contributed by atoms with Crippen LogP contribution in [0.15, 0.2) is 63.5 Å². The lowest BCUT2D eigenvalue weighted by Crippen LogP contribution is -2.24. The highest BCUT2D eigenvalue weighted by Gasteiger charge is 2.24. The summed E-state index contributed by atoms with van der Waals surface area (Å²) >= 11 is 3.70. The van der Waals surface area contributed by atoms with Crippen LogP contribution in [0.2, 0.25) is 0 Å². The Kier molecular flexibility index (Phi) is 6.56. The van der Waals surface area contributed by atoms with E-state index in [1.807, 2.05) is 62.6 Å². The molecule has 3 aromatic heterocycles. The van der Waals surface area contributed by atoms with Gasteiger partial charge in [-0.3, -0.25) is 0 Å². The van der Waals surface area contributed by atoms with Crippen LogP contribution in [0.4, 0.5) is 0 Å². The van der Waals surface area contributed by atoms with Crippen molar-refractivity contribution in [1.82, 2.24) is 14.5 Å². The molecule has 9 heteroatoms. The van der Waals surface area contributed by atoms with Gasteiger partial charge in [0.25, 0.3) is 0 Å². The van der Waals surface area contributed by atoms with Gasteiger partial charge < -0.3 is 18.8 Å². The summed E-state index contributed by atoms with van der Waals surface area (Å²) in [7, 11) is 0. The van der Waals surface area contributed by atoms with E-state index in [0.29, 0.717) is 46.6 Å². The highest BCUT2D eigenvalue weighted by Crippen LogP contribution is 2.40. The van der Waals surface area contributed by atoms with Gasteiger partial charge in [0, 0.05) is 17.4 Å². The van der Waals surface area contributed by atoms with E-state index in [0.717, 1.165) is 21.2 Å². The van der Waals surface area contributed by atoms with Crippen molar-refractivity contribution in [2.45, 2.75) is 46.3 Å². The van der Waals surface area contributed by atoms with Crippen molar-refractivity contribution >= 4 is 50.0 Å². The van der Waals surface area contributed by atoms with Crippen LogP contribution in [-0.2, 0) is 17.7 Å². The van der Waals surface area contributed by atoms with Crippen molar-refractivity contribution in [3.05, 3.63) is 81.7 Å². The number of carbonyl (C=O) groups excluding carboxylic acids is 1. The second-order valence-electron chi connectivity index (χ2n) is 9.94. The summed E-state index contributed by atoms with van der Waals surface area (Å²) < 4.78 is 14.5. The maximum absolute atomic E-state index is 12.9. The number of aromatic carboxylic acids is 1. The summed E-state index contributed by atoms with van der Waals surface area (Å²) in [5, 5.41) is 10.3. The molecule has 0 aliphatic heterocycles. The van der Waals surface area contributed by atoms with Gasteiger partial charge in [0.1, 0.15) is 28.3 Å². The van der Waals surface area contributed by atoms with Crippen molar-refractivity contribution in [2.24, 2.45) is 0 Å². The number of aryl methyl sites for hydroxylation is 1. The van der Waals surface area contributed by atoms with E-state index in [2.05, 4.69) is 25.9 Å². The molecule has 5 rings (SSSR count). The predicted molar refractivity (Wildman–Crippen MR) is 147 cm³/mol. The van der Waals surface area contributed by atoms with Gasteiger partial charge in [-0.25, -0.2) is 19.6 Å². The van der Waals surface area contributed by atoms with Crippen LogP contribution in [0, 0.1) is 0 Å². The van der Waals surface area contributed by atoms with Gasteiger partial charge in [-0.2, -0.15) is 0 Å². The highest BCUT2D eigenvalue weighted by molar-refractivity contribution is 9.10. The fourth-order valence-corrected chi connectivity index (χ4v) is 4.97. The minimum atomic E-state index is -1.08. The summed E-state index contributed by atoms with van der Waals surface area (Å²) in [6.07, 6.45) is 0.669. The zero-order valence-corrected chi connectivity index (χ0v) is 23.0. The Hall–Kier alpha value is -3.98. The lowest BCUT2D eigenvalue weighted by molar-refractivity contribution is 0.00700. The number of hydrogen-bond donors (Lipinski definition) is 1. The average molecular weight is 576 g/mol. The van der Waals surface area contributed by atoms with E-state index in [1.165, 1.54) is 6.07 Å². The minimum absolute atomic E-state index is 0.0253. The first kappa shape index (κ1) is 25.7. The van der Waals surface area contributed by atoms with E-state index in [1.54, 1.807) is 18.2 Å². The number of imidazole rings is 1. The molecule has 0 amide bonds. The second-order valence-corrected chi connectivity index (χ2v) is 10.7. The van der Waals surface area contributed by atoms with Crippen LogP contribution < -0.4 is 0 Å². The average Bonchev–Trinajstić information content (AvgIpc) is 3.39. The van der Waals surface area contributed by atoms with Crippen molar-refractivity contribution in [3.8, 4) is 11.3 Å². The SMILES string of the molecule is CCc1nc2ccc(C(=O)O)nc2n1Cc1ccc2oc(-c3ccccc3C(=O)OC(C)(C)C)c(Br)c2c1. The van der Waals surface area contributed by atoms with Crippen LogP contribution in [0.3, 0.4) is 0 Å². The number of carboxylic acid groups (broad SMARTS) is 1. The number of esters is 1. The summed E-state index contributed by atoms with van der Waals surface area (Å²) in [5.41, 5.74) is 3.20. The molecule has 8 nitrogen and oxygen atoms in total. The fraction of sp³-hybridized carbons (Fsp3) is 0.241. The topological polar surface area (TPSA) is 107 Å². The number of pyridine rings is 1. The number of furan rings is 1. The molecule has 0 bridgehead atoms. The summed E-state index contributed by atoms with van der Waals surface area (Å²) in [6.45, 7) is 7.94. The largest absolute Gasteiger partial charge is 0.477 e. The third kappa shape index (κ3) is 4.81. The molecule has 5 aromatic rings. The summed E-state index contributed by atoms with van der Waals surface area (Å²) in [4.78, 5) is 33.4. The molecule has 0 atom stereocenters. The lowest BCUT2D eigenvalue weighted by atomic mass is 10.0. The Bertz CT molecular complexity index is 1710. The maximum Gasteiger partial charge on any atom is 0.354 e. The van der Waals surface area contributed by atoms with Gasteiger partial charge in [0.2, 0.25) is 0 Å². The third-order valence-electron chi connectivity index (χ3n) is 6.03. The van der Waals surface area contributed by atoms with E-state index >= 15 is 0 Å². The number of aromatic nitrogens is 3. The van der Waals surface area contributed by atoms with Gasteiger partial charge in [0.15, 0.2) is 11.3 Å². The molecule has 0 aliphatic rings. The zero-order valence-electron chi connectivity index (χ0n) is 21.4. The Morgan fingerprint density at radius 2 is 1.84 bits per heavy atom. The standard InChI is InChI=1S/C29H26BrN3O5/c1-5-23-31-20-11-12-21(27(34)35)32-26(20)33(23)15-16-10-13-22-19(14-16)24(30)25(37-22)17-8-6-7-9-18(17)28(36)38-29(2,3)4/h6-14H,5,15H2,1-4H3,(H,34,35). The number of hydrogen-bond acceptors (Lipinski definition) is 6. The molecule has 0 radical (unpaired) electrons. The van der Waals surface area contributed by atoms with Gasteiger partial charge in [-0.15, -0.1) is 0 Å². The molecule has 0 spiro atoms. The molecule has 194 valence electrons. The number of rotatable bonds is 6. The molecule has 0 fully saturated rings. The van der Waals surface area contributed by atoms with Crippen LogP contribution in [0.5, 0.6) is 0 Å². The normalized spacial score (nSPS) is 11.8. The number of carboxylic acids is 1. The molecule has 38 heavy (non-hydrogen) atoms. The van der Waals surface area contributed by atoms with Gasteiger partial charge in [-0.1, -0.05) is 31.2 Å². The highest BCUT2D eigenvalue weighted by atomic mass is 79.9. The van der Waals surface area contributed by atoms with Crippen molar-refractivity contribution in [2.75, 3.05) is 0 Å². The Morgan fingerprint density at radius 1 is 1.08 bits per heavy atom. The van der Waals surface area contributed by atoms with Gasteiger partial charge >= 0.3 is 11.9 Å². The molecule has 0 unspecified atom stereocenters. The molecule has 0 saturated heterocycles. The first-order chi connectivity index (χ1) is 18.1. The number of carbonyl (C=O) groups is 2. The Labute approximate surface area is 227 Å². The van der Waals surface area contributed by atoms with Crippen LogP contribution in [0.1, 0.15) is 59.9 Å². The molecule has 3 heterocycles. The van der Waals surface area contributed by atoms with E-state index < -0.39 is 17.5 Å². The van der Waals surface area contributed by atoms with Gasteiger partial charge in [0.05, 0.1) is 16.6 Å². The van der Waals surface area contributed by atoms with Crippen molar-refractivity contribution in [1.29, 1.82) is 0 Å². The van der Waals surface area contributed by atoms with Gasteiger partial charge in [-0.05, 0) is 72.6 Å². The van der Waals surface area contributed by atoms with Crippen LogP contribution >= 0.6 is 15.9 Å². The number of benzene rings is 2. The lowest BCUT2D eigenvalue weighted by Gasteiger charge is -2.20. The molecule has 2 aromatic carbocycles. The van der Waals surface area contributed by atoms with Crippen molar-refractivity contribution < 1.29 is 23.8 Å². The monoisotopic (exact) mass is 575 g/mol. The third-order valence-corrected chi connectivity index (χ3v) is 6.82. The fourth-order valence-electron chi connectivity index (χ4n) is 4.36. The minimum Gasteiger partial charge on any atom is -0.477 e. The van der Waals surface area contributed by atoms with E-state index in [4.69, 9.17) is 9.15 Å². The first-order valence-corrected chi connectivity index (χ1v) is 13.0. The van der Waals surface area contributed by atoms with Crippen LogP contribution in [0.25, 0.3) is 33.5 Å². The number of halogens is 1. The quantitative estimate of drug-likeness (QED) is 0.220. The van der Waals surface area contributed by atoms with E-state index in [9.17, 15) is 14.7 Å². The zero-order chi connectivity index (χ0) is 27.2. The molecule has 1 N–H and O–H groups in total. The molecular weight excluding hydrogens is 550 g/mol. The second kappa shape index (κ2) is 9.72. The number of fused-ring (bicyclic) bond motifs is 2. The smallest absolute Gasteiger partial charge is 0.354 e. The first-order valence-electron chi connectivity index (χ1n) is 12.2. The Balaban J connectivity index is 1.56. The predicted octanol–water partition coefficient (Wildman–Crippen LogP) is 6.87. The van der Waals surface area contributed by atoms with E-state index in [-0.39, 0.29) is 5.69 Å². The molecular formula is C29H26BrN3O5. The Morgan fingerprint density at radius 3 is 2.55 bits per heavy atom. The maximum atomic E-state index is 12.9.